The van der Waals surface area contributed by atoms with E-state index < -0.39 is 16.3 Å². The lowest BCUT2D eigenvalue weighted by molar-refractivity contribution is -0.131. The minimum Gasteiger partial charge on any atom is -0.330 e. The molecule has 1 rings (SSSR count). The molecule has 0 saturated heterocycles. The molecule has 0 N–H and O–H groups in total. The highest BCUT2D eigenvalue weighted by atomic mass is 32.2. The zero-order valence-electron chi connectivity index (χ0n) is 8.38. The lowest BCUT2D eigenvalue weighted by Gasteiger charge is -2.17. The van der Waals surface area contributed by atoms with Crippen molar-refractivity contribution in [2.24, 2.45) is 0 Å². The van der Waals surface area contributed by atoms with Gasteiger partial charge in [-0.05, 0) is 12.1 Å². The highest BCUT2D eigenvalue weighted by Gasteiger charge is 2.21. The molecule has 0 aromatic heterocycles. The number of carbonyl (C=O) groups is 1. The highest BCUT2D eigenvalue weighted by molar-refractivity contribution is 7.88. The van der Waals surface area contributed by atoms with Crippen molar-refractivity contribution in [2.75, 3.05) is 11.4 Å². The Kier molecular flexibility index (Phi) is 3.31. The van der Waals surface area contributed by atoms with Crippen LogP contribution in [0.15, 0.2) is 30.3 Å². The molecular formula is C9H11NO4S. The summed E-state index contributed by atoms with van der Waals surface area (Å²) in [7, 11) is -2.72. The van der Waals surface area contributed by atoms with Gasteiger partial charge in [-0.3, -0.25) is 4.79 Å². The Bertz CT molecular complexity index is 440. The molecular weight excluding hydrogens is 218 g/mol. The molecule has 0 heterocycles. The predicted molar refractivity (Wildman–Crippen MR) is 55.5 cm³/mol. The molecule has 0 radical (unpaired) electrons. The van der Waals surface area contributed by atoms with Crippen molar-refractivity contribution in [1.29, 1.82) is 0 Å². The summed E-state index contributed by atoms with van der Waals surface area (Å²) in [5, 5.41) is 0. The fourth-order valence-corrected chi connectivity index (χ4v) is 1.76. The maximum absolute atomic E-state index is 11.4. The van der Waals surface area contributed by atoms with Crippen molar-refractivity contribution in [3.63, 3.8) is 0 Å². The molecule has 6 heteroatoms. The molecule has 5 nitrogen and oxygen atoms in total. The van der Waals surface area contributed by atoms with Gasteiger partial charge in [-0.2, -0.15) is 8.42 Å². The van der Waals surface area contributed by atoms with Crippen LogP contribution in [0.1, 0.15) is 6.92 Å². The monoisotopic (exact) mass is 229 g/mol. The van der Waals surface area contributed by atoms with E-state index in [1.54, 1.807) is 30.3 Å². The largest absolute Gasteiger partial charge is 0.412 e. The first-order valence-corrected chi connectivity index (χ1v) is 5.54. The van der Waals surface area contributed by atoms with Crippen molar-refractivity contribution in [3.05, 3.63) is 30.3 Å². The summed E-state index contributed by atoms with van der Waals surface area (Å²) < 4.78 is 28.0. The average Bonchev–Trinajstić information content (AvgIpc) is 2.16. The molecule has 0 aliphatic heterocycles. The van der Waals surface area contributed by atoms with Crippen molar-refractivity contribution < 1.29 is 17.4 Å². The van der Waals surface area contributed by atoms with Gasteiger partial charge in [0.25, 0.3) is 0 Å². The van der Waals surface area contributed by atoms with Gasteiger partial charge in [-0.15, -0.1) is 0 Å². The Hall–Kier alpha value is -1.56. The van der Waals surface area contributed by atoms with E-state index in [1.807, 2.05) is 0 Å². The first-order valence-electron chi connectivity index (χ1n) is 4.17. The molecule has 0 amide bonds. The van der Waals surface area contributed by atoms with Crippen molar-refractivity contribution >= 4 is 22.0 Å². The smallest absolute Gasteiger partial charge is 0.330 e. The second kappa shape index (κ2) is 4.31. The average molecular weight is 229 g/mol. The second-order valence-corrected chi connectivity index (χ2v) is 4.41. The van der Waals surface area contributed by atoms with Crippen LogP contribution in [0, 0.1) is 0 Å². The molecule has 0 spiro atoms. The Balaban J connectivity index is 2.95. The van der Waals surface area contributed by atoms with E-state index >= 15 is 0 Å². The fourth-order valence-electron chi connectivity index (χ4n) is 0.971. The van der Waals surface area contributed by atoms with Crippen LogP contribution in [-0.2, 0) is 19.3 Å². The maximum atomic E-state index is 11.4. The van der Waals surface area contributed by atoms with Crippen LogP contribution < -0.4 is 4.31 Å². The summed E-state index contributed by atoms with van der Waals surface area (Å²) in [4.78, 5) is 10.6. The van der Waals surface area contributed by atoms with Crippen LogP contribution in [0.5, 0.6) is 0 Å². The molecule has 15 heavy (non-hydrogen) atoms. The van der Waals surface area contributed by atoms with E-state index in [0.717, 1.165) is 11.2 Å². The van der Waals surface area contributed by atoms with Gasteiger partial charge in [-0.25, -0.2) is 4.31 Å². The van der Waals surface area contributed by atoms with Gasteiger partial charge in [0.15, 0.2) is 0 Å². The molecule has 1 aromatic rings. The van der Waals surface area contributed by atoms with E-state index in [-0.39, 0.29) is 0 Å². The number of rotatable bonds is 3. The zero-order chi connectivity index (χ0) is 11.5. The summed E-state index contributed by atoms with van der Waals surface area (Å²) in [5.74, 6) is -0.863. The summed E-state index contributed by atoms with van der Waals surface area (Å²) in [5.41, 5.74) is 0.429. The molecule has 82 valence electrons. The Labute approximate surface area is 88.5 Å². The van der Waals surface area contributed by atoms with Crippen LogP contribution in [0.3, 0.4) is 0 Å². The van der Waals surface area contributed by atoms with E-state index in [1.165, 1.54) is 7.05 Å². The maximum Gasteiger partial charge on any atom is 0.412 e. The van der Waals surface area contributed by atoms with Gasteiger partial charge in [0.1, 0.15) is 0 Å². The van der Waals surface area contributed by atoms with Gasteiger partial charge in [-0.1, -0.05) is 18.2 Å². The molecule has 0 unspecified atom stereocenters. The lowest BCUT2D eigenvalue weighted by atomic mass is 10.3. The number of benzene rings is 1. The standard InChI is InChI=1S/C9H11NO4S/c1-8(11)14-15(12,13)10(2)9-6-4-3-5-7-9/h3-7H,1-2H3. The summed E-state index contributed by atoms with van der Waals surface area (Å²) in [6, 6.07) is 8.34. The third kappa shape index (κ3) is 2.95. The van der Waals surface area contributed by atoms with Crippen molar-refractivity contribution in [1.82, 2.24) is 0 Å². The quantitative estimate of drug-likeness (QED) is 0.773. The number of anilines is 1. The molecule has 0 aliphatic rings. The number of nitrogens with zero attached hydrogens (tertiary/aromatic N) is 1. The predicted octanol–water partition coefficient (Wildman–Crippen LogP) is 0.931. The van der Waals surface area contributed by atoms with Crippen LogP contribution >= 0.6 is 0 Å². The third-order valence-electron chi connectivity index (χ3n) is 1.68. The van der Waals surface area contributed by atoms with Crippen molar-refractivity contribution in [3.8, 4) is 0 Å². The number of para-hydroxylation sites is 1. The van der Waals surface area contributed by atoms with Crippen LogP contribution in [0.4, 0.5) is 5.69 Å². The van der Waals surface area contributed by atoms with Gasteiger partial charge in [0, 0.05) is 14.0 Å². The van der Waals surface area contributed by atoms with Gasteiger partial charge >= 0.3 is 16.3 Å². The molecule has 0 fully saturated rings. The zero-order valence-corrected chi connectivity index (χ0v) is 9.19. The third-order valence-corrected chi connectivity index (χ3v) is 3.00. The Morgan fingerprint density at radius 1 is 1.27 bits per heavy atom. The highest BCUT2D eigenvalue weighted by Crippen LogP contribution is 2.15. The summed E-state index contributed by atoms with van der Waals surface area (Å²) in [6.07, 6.45) is 0. The van der Waals surface area contributed by atoms with E-state index in [9.17, 15) is 13.2 Å². The lowest BCUT2D eigenvalue weighted by Crippen LogP contribution is -2.29. The van der Waals surface area contributed by atoms with Crippen LogP contribution in [0.25, 0.3) is 0 Å². The first kappa shape index (κ1) is 11.5. The minimum atomic E-state index is -4.03. The van der Waals surface area contributed by atoms with E-state index in [0.29, 0.717) is 5.69 Å². The molecule has 0 aliphatic carbocycles. The number of carbonyl (C=O) groups excluding carboxylic acids is 1. The van der Waals surface area contributed by atoms with Crippen molar-refractivity contribution in [2.45, 2.75) is 6.92 Å². The Morgan fingerprint density at radius 3 is 2.27 bits per heavy atom. The molecule has 1 aromatic carbocycles. The summed E-state index contributed by atoms with van der Waals surface area (Å²) >= 11 is 0. The molecule has 0 atom stereocenters. The molecule has 0 saturated carbocycles. The van der Waals surface area contributed by atoms with Gasteiger partial charge < -0.3 is 4.18 Å². The topological polar surface area (TPSA) is 63.7 Å². The minimum absolute atomic E-state index is 0.429. The summed E-state index contributed by atoms with van der Waals surface area (Å²) in [6.45, 7) is 1.04. The molecule has 0 bridgehead atoms. The number of hydrogen-bond donors (Lipinski definition) is 0. The fraction of sp³-hybridized carbons (Fsp3) is 0.222. The van der Waals surface area contributed by atoms with Gasteiger partial charge in [0.2, 0.25) is 0 Å². The van der Waals surface area contributed by atoms with Gasteiger partial charge in [0.05, 0.1) is 5.69 Å². The Morgan fingerprint density at radius 2 is 1.80 bits per heavy atom. The SMILES string of the molecule is CC(=O)OS(=O)(=O)N(C)c1ccccc1. The normalized spacial score (nSPS) is 10.8. The van der Waals surface area contributed by atoms with Crippen LogP contribution in [-0.4, -0.2) is 21.4 Å². The number of hydrogen-bond acceptors (Lipinski definition) is 4. The van der Waals surface area contributed by atoms with Crippen LogP contribution in [0.2, 0.25) is 0 Å². The van der Waals surface area contributed by atoms with E-state index in [2.05, 4.69) is 4.18 Å². The second-order valence-electron chi connectivity index (χ2n) is 2.84. The first-order chi connectivity index (χ1) is 6.93. The van der Waals surface area contributed by atoms with E-state index in [4.69, 9.17) is 0 Å².